The van der Waals surface area contributed by atoms with Gasteiger partial charge in [0.2, 0.25) is 0 Å². The molecule has 3 nitrogen and oxygen atoms in total. The van der Waals surface area contributed by atoms with Crippen LogP contribution in [0.5, 0.6) is 0 Å². The van der Waals surface area contributed by atoms with E-state index < -0.39 is 0 Å². The lowest BCUT2D eigenvalue weighted by atomic mass is 9.90. The molecule has 0 atom stereocenters. The third-order valence-corrected chi connectivity index (χ3v) is 3.62. The monoisotopic (exact) mass is 241 g/mol. The van der Waals surface area contributed by atoms with Crippen molar-refractivity contribution in [2.45, 2.75) is 70.4 Å². The van der Waals surface area contributed by atoms with E-state index in [2.05, 4.69) is 32.7 Å². The van der Waals surface area contributed by atoms with Crippen LogP contribution in [0.1, 0.15) is 46.5 Å². The van der Waals surface area contributed by atoms with Crippen molar-refractivity contribution in [1.82, 2.24) is 4.90 Å². The Morgan fingerprint density at radius 1 is 0.941 bits per heavy atom. The molecule has 0 N–H and O–H groups in total. The van der Waals surface area contributed by atoms with Gasteiger partial charge in [0.05, 0.1) is 23.9 Å². The van der Waals surface area contributed by atoms with Gasteiger partial charge in [-0.3, -0.25) is 0 Å². The third-order valence-electron chi connectivity index (χ3n) is 3.62. The minimum Gasteiger partial charge on any atom is -0.375 e. The molecule has 0 aromatic heterocycles. The highest BCUT2D eigenvalue weighted by molar-refractivity contribution is 4.85. The summed E-state index contributed by atoms with van der Waals surface area (Å²) in [5.41, 5.74) is -0.0107. The summed E-state index contributed by atoms with van der Waals surface area (Å²) in [4.78, 5) is 2.38. The maximum Gasteiger partial charge on any atom is 0.0631 e. The Bertz CT molecular complexity index is 235. The van der Waals surface area contributed by atoms with E-state index in [1.54, 1.807) is 0 Å². The van der Waals surface area contributed by atoms with Gasteiger partial charge in [-0.05, 0) is 53.5 Å². The van der Waals surface area contributed by atoms with Gasteiger partial charge in [-0.25, -0.2) is 0 Å². The normalized spacial score (nSPS) is 32.5. The first-order valence-electron chi connectivity index (χ1n) is 6.94. The highest BCUT2D eigenvalue weighted by Gasteiger charge is 2.35. The summed E-state index contributed by atoms with van der Waals surface area (Å²) in [6.07, 6.45) is 5.93. The lowest BCUT2D eigenvalue weighted by Gasteiger charge is -2.41. The van der Waals surface area contributed by atoms with E-state index in [9.17, 15) is 0 Å². The Morgan fingerprint density at radius 3 is 2.06 bits per heavy atom. The molecule has 0 bridgehead atoms. The molecule has 3 heteroatoms. The van der Waals surface area contributed by atoms with E-state index in [-0.39, 0.29) is 5.60 Å². The molecule has 0 unspecified atom stereocenters. The quantitative estimate of drug-likeness (QED) is 0.757. The fourth-order valence-electron chi connectivity index (χ4n) is 2.62. The van der Waals surface area contributed by atoms with Crippen LogP contribution >= 0.6 is 0 Å². The largest absolute Gasteiger partial charge is 0.375 e. The van der Waals surface area contributed by atoms with Crippen molar-refractivity contribution in [3.05, 3.63) is 0 Å². The molecule has 0 aromatic carbocycles. The number of hydrogen-bond acceptors (Lipinski definition) is 3. The zero-order valence-electron chi connectivity index (χ0n) is 11.7. The molecule has 1 aliphatic heterocycles. The van der Waals surface area contributed by atoms with Crippen LogP contribution in [0.25, 0.3) is 0 Å². The Balaban J connectivity index is 1.61. The summed E-state index contributed by atoms with van der Waals surface area (Å²) in [5.74, 6) is 0. The van der Waals surface area contributed by atoms with Crippen molar-refractivity contribution in [2.75, 3.05) is 20.1 Å². The van der Waals surface area contributed by atoms with Crippen molar-refractivity contribution >= 4 is 0 Å². The second-order valence-corrected chi connectivity index (χ2v) is 6.58. The van der Waals surface area contributed by atoms with Crippen molar-refractivity contribution in [1.29, 1.82) is 0 Å². The molecule has 1 heterocycles. The van der Waals surface area contributed by atoms with Crippen LogP contribution in [0.2, 0.25) is 0 Å². The molecule has 1 saturated carbocycles. The van der Waals surface area contributed by atoms with Gasteiger partial charge in [0.15, 0.2) is 0 Å². The fourth-order valence-corrected chi connectivity index (χ4v) is 2.62. The third kappa shape index (κ3) is 4.23. The fraction of sp³-hybridized carbons (Fsp3) is 1.00. The molecule has 0 radical (unpaired) electrons. The lowest BCUT2D eigenvalue weighted by molar-refractivity contribution is -0.167. The van der Waals surface area contributed by atoms with Gasteiger partial charge in [0.1, 0.15) is 0 Å². The van der Waals surface area contributed by atoms with Crippen molar-refractivity contribution in [2.24, 2.45) is 0 Å². The van der Waals surface area contributed by atoms with E-state index in [1.807, 2.05) is 0 Å². The lowest BCUT2D eigenvalue weighted by Crippen LogP contribution is -2.45. The molecule has 1 saturated heterocycles. The van der Waals surface area contributed by atoms with E-state index in [4.69, 9.17) is 9.47 Å². The van der Waals surface area contributed by atoms with E-state index in [0.29, 0.717) is 18.3 Å². The summed E-state index contributed by atoms with van der Waals surface area (Å²) < 4.78 is 12.0. The predicted octanol–water partition coefficient (Wildman–Crippen LogP) is 2.44. The second-order valence-electron chi connectivity index (χ2n) is 6.58. The maximum absolute atomic E-state index is 6.11. The summed E-state index contributed by atoms with van der Waals surface area (Å²) in [7, 11) is 2.19. The smallest absolute Gasteiger partial charge is 0.0631 e. The Kier molecular flexibility index (Phi) is 4.11. The van der Waals surface area contributed by atoms with Crippen LogP contribution in [-0.2, 0) is 9.47 Å². The zero-order valence-corrected chi connectivity index (χ0v) is 11.7. The van der Waals surface area contributed by atoms with Crippen molar-refractivity contribution in [3.8, 4) is 0 Å². The molecule has 2 aliphatic rings. The van der Waals surface area contributed by atoms with Gasteiger partial charge < -0.3 is 14.4 Å². The van der Waals surface area contributed by atoms with Crippen molar-refractivity contribution < 1.29 is 9.47 Å². The van der Waals surface area contributed by atoms with E-state index in [0.717, 1.165) is 12.8 Å². The van der Waals surface area contributed by atoms with E-state index in [1.165, 1.54) is 25.9 Å². The molecule has 1 aliphatic carbocycles. The first-order chi connectivity index (χ1) is 7.92. The minimum atomic E-state index is -0.0107. The topological polar surface area (TPSA) is 21.7 Å². The Morgan fingerprint density at radius 2 is 1.53 bits per heavy atom. The van der Waals surface area contributed by atoms with Crippen LogP contribution in [0.15, 0.2) is 0 Å². The average Bonchev–Trinajstić information content (AvgIpc) is 2.16. The van der Waals surface area contributed by atoms with E-state index >= 15 is 0 Å². The average molecular weight is 241 g/mol. The van der Waals surface area contributed by atoms with Crippen LogP contribution in [0.3, 0.4) is 0 Å². The number of ether oxygens (including phenoxy) is 2. The van der Waals surface area contributed by atoms with Gasteiger partial charge >= 0.3 is 0 Å². The molecular formula is C14H27NO2. The summed E-state index contributed by atoms with van der Waals surface area (Å²) in [6.45, 7) is 8.73. The van der Waals surface area contributed by atoms with Crippen LogP contribution in [0, 0.1) is 0 Å². The van der Waals surface area contributed by atoms with Gasteiger partial charge in [0, 0.05) is 13.1 Å². The first kappa shape index (κ1) is 13.3. The van der Waals surface area contributed by atoms with Gasteiger partial charge in [-0.2, -0.15) is 0 Å². The van der Waals surface area contributed by atoms with Gasteiger partial charge in [-0.1, -0.05) is 0 Å². The van der Waals surface area contributed by atoms with Gasteiger partial charge in [0.25, 0.3) is 0 Å². The molecule has 2 fully saturated rings. The second kappa shape index (κ2) is 5.25. The van der Waals surface area contributed by atoms with Gasteiger partial charge in [-0.15, -0.1) is 0 Å². The molecule has 100 valence electrons. The minimum absolute atomic E-state index is 0.0107. The molecular weight excluding hydrogens is 214 g/mol. The SMILES string of the molecule is CN1CCC(OC2CC(OC(C)(C)C)C2)CC1. The van der Waals surface area contributed by atoms with Crippen LogP contribution in [0.4, 0.5) is 0 Å². The van der Waals surface area contributed by atoms with Crippen LogP contribution < -0.4 is 0 Å². The number of likely N-dealkylation sites (tertiary alicyclic amines) is 1. The standard InChI is InChI=1S/C14H27NO2/c1-14(2,3)17-13-9-12(10-13)16-11-5-7-15(4)8-6-11/h11-13H,5-10H2,1-4H3. The predicted molar refractivity (Wildman–Crippen MR) is 69.3 cm³/mol. The Labute approximate surface area is 105 Å². The molecule has 2 rings (SSSR count). The molecule has 17 heavy (non-hydrogen) atoms. The summed E-state index contributed by atoms with van der Waals surface area (Å²) >= 11 is 0. The molecule has 0 spiro atoms. The number of hydrogen-bond donors (Lipinski definition) is 0. The first-order valence-corrected chi connectivity index (χ1v) is 6.94. The zero-order chi connectivity index (χ0) is 12.5. The highest BCUT2D eigenvalue weighted by atomic mass is 16.5. The van der Waals surface area contributed by atoms with Crippen LogP contribution in [-0.4, -0.2) is 49.0 Å². The summed E-state index contributed by atoms with van der Waals surface area (Å²) in [6, 6.07) is 0. The highest BCUT2D eigenvalue weighted by Crippen LogP contribution is 2.31. The maximum atomic E-state index is 6.11. The number of rotatable bonds is 3. The van der Waals surface area contributed by atoms with Crippen molar-refractivity contribution in [3.63, 3.8) is 0 Å². The number of nitrogens with zero attached hydrogens (tertiary/aromatic N) is 1. The number of piperidine rings is 1. The molecule has 0 aromatic rings. The summed E-state index contributed by atoms with van der Waals surface area (Å²) in [5, 5.41) is 0. The Hall–Kier alpha value is -0.120. The molecule has 0 amide bonds.